The van der Waals surface area contributed by atoms with Gasteiger partial charge in [0.05, 0.1) is 5.69 Å². The van der Waals surface area contributed by atoms with Crippen molar-refractivity contribution in [3.05, 3.63) is 17.0 Å². The summed E-state index contributed by atoms with van der Waals surface area (Å²) in [6.07, 6.45) is 2.35. The van der Waals surface area contributed by atoms with Crippen LogP contribution in [0.25, 0.3) is 0 Å². The SMILES string of the molecule is CCc1c(C)nn(CCCC(C)(NC(C)C)C(=O)O)c1C. The lowest BCUT2D eigenvalue weighted by Gasteiger charge is -2.28. The van der Waals surface area contributed by atoms with Crippen molar-refractivity contribution in [3.63, 3.8) is 0 Å². The van der Waals surface area contributed by atoms with Crippen LogP contribution in [0.5, 0.6) is 0 Å². The molecule has 1 atom stereocenters. The molecular weight excluding hydrogens is 266 g/mol. The van der Waals surface area contributed by atoms with Crippen molar-refractivity contribution in [2.24, 2.45) is 0 Å². The molecule has 1 unspecified atom stereocenters. The van der Waals surface area contributed by atoms with Gasteiger partial charge in [0.25, 0.3) is 0 Å². The van der Waals surface area contributed by atoms with Crippen LogP contribution in [0.15, 0.2) is 0 Å². The van der Waals surface area contributed by atoms with Gasteiger partial charge in [0.1, 0.15) is 5.54 Å². The van der Waals surface area contributed by atoms with Crippen LogP contribution >= 0.6 is 0 Å². The topological polar surface area (TPSA) is 67.2 Å². The zero-order chi connectivity index (χ0) is 16.2. The second-order valence-electron chi connectivity index (χ2n) is 6.27. The number of carboxylic acid groups (broad SMARTS) is 1. The number of aryl methyl sites for hydroxylation is 2. The number of nitrogens with one attached hydrogen (secondary N) is 1. The standard InChI is InChI=1S/C16H29N3O2/c1-7-14-12(4)18-19(13(14)5)10-8-9-16(6,15(20)21)17-11(2)3/h11,17H,7-10H2,1-6H3,(H,20,21). The van der Waals surface area contributed by atoms with Crippen molar-refractivity contribution in [2.45, 2.75) is 78.9 Å². The first-order valence-electron chi connectivity index (χ1n) is 7.75. The number of hydrogen-bond acceptors (Lipinski definition) is 3. The van der Waals surface area contributed by atoms with Crippen LogP contribution in [0, 0.1) is 13.8 Å². The van der Waals surface area contributed by atoms with E-state index in [1.807, 2.05) is 25.5 Å². The highest BCUT2D eigenvalue weighted by Gasteiger charge is 2.32. The van der Waals surface area contributed by atoms with E-state index in [0.29, 0.717) is 6.42 Å². The van der Waals surface area contributed by atoms with Gasteiger partial charge >= 0.3 is 5.97 Å². The van der Waals surface area contributed by atoms with E-state index in [9.17, 15) is 9.90 Å². The van der Waals surface area contributed by atoms with E-state index < -0.39 is 11.5 Å². The summed E-state index contributed by atoms with van der Waals surface area (Å²) in [6, 6.07) is 0.145. The predicted molar refractivity (Wildman–Crippen MR) is 84.6 cm³/mol. The molecule has 0 saturated heterocycles. The van der Waals surface area contributed by atoms with Crippen molar-refractivity contribution >= 4 is 5.97 Å². The maximum Gasteiger partial charge on any atom is 0.323 e. The van der Waals surface area contributed by atoms with Crippen molar-refractivity contribution < 1.29 is 9.90 Å². The van der Waals surface area contributed by atoms with Crippen LogP contribution in [0.2, 0.25) is 0 Å². The molecule has 21 heavy (non-hydrogen) atoms. The highest BCUT2D eigenvalue weighted by Crippen LogP contribution is 2.18. The maximum atomic E-state index is 11.5. The summed E-state index contributed by atoms with van der Waals surface area (Å²) in [5.41, 5.74) is 2.70. The summed E-state index contributed by atoms with van der Waals surface area (Å²) in [6.45, 7) is 12.7. The summed E-state index contributed by atoms with van der Waals surface area (Å²) < 4.78 is 2.01. The van der Waals surface area contributed by atoms with Crippen LogP contribution in [-0.2, 0) is 17.8 Å². The van der Waals surface area contributed by atoms with Crippen molar-refractivity contribution in [2.75, 3.05) is 0 Å². The highest BCUT2D eigenvalue weighted by molar-refractivity contribution is 5.78. The number of carboxylic acids is 1. The molecule has 0 bridgehead atoms. The first-order chi connectivity index (χ1) is 9.71. The van der Waals surface area contributed by atoms with E-state index in [1.54, 1.807) is 6.92 Å². The van der Waals surface area contributed by atoms with Gasteiger partial charge in [-0.2, -0.15) is 5.10 Å². The zero-order valence-electron chi connectivity index (χ0n) is 14.2. The zero-order valence-corrected chi connectivity index (χ0v) is 14.2. The average Bonchev–Trinajstić information content (AvgIpc) is 2.63. The summed E-state index contributed by atoms with van der Waals surface area (Å²) in [4.78, 5) is 11.5. The fourth-order valence-corrected chi connectivity index (χ4v) is 2.92. The van der Waals surface area contributed by atoms with Crippen molar-refractivity contribution in [1.82, 2.24) is 15.1 Å². The van der Waals surface area contributed by atoms with E-state index in [1.165, 1.54) is 11.3 Å². The minimum Gasteiger partial charge on any atom is -0.480 e. The summed E-state index contributed by atoms with van der Waals surface area (Å²) in [5.74, 6) is -0.793. The Morgan fingerprint density at radius 2 is 2.05 bits per heavy atom. The molecule has 5 heteroatoms. The maximum absolute atomic E-state index is 11.5. The molecule has 120 valence electrons. The number of aromatic nitrogens is 2. The second-order valence-corrected chi connectivity index (χ2v) is 6.27. The van der Waals surface area contributed by atoms with E-state index in [4.69, 9.17) is 0 Å². The Morgan fingerprint density at radius 3 is 2.48 bits per heavy atom. The summed E-state index contributed by atoms with van der Waals surface area (Å²) >= 11 is 0. The van der Waals surface area contributed by atoms with Crippen LogP contribution in [0.4, 0.5) is 0 Å². The largest absolute Gasteiger partial charge is 0.480 e. The molecule has 0 aliphatic rings. The number of rotatable bonds is 8. The molecule has 1 rings (SSSR count). The molecule has 0 saturated carbocycles. The Bertz CT molecular complexity index is 494. The average molecular weight is 295 g/mol. The van der Waals surface area contributed by atoms with E-state index >= 15 is 0 Å². The normalized spacial score (nSPS) is 14.4. The first-order valence-corrected chi connectivity index (χ1v) is 7.75. The fraction of sp³-hybridized carbons (Fsp3) is 0.750. The van der Waals surface area contributed by atoms with Crippen LogP contribution in [0.1, 0.15) is 57.5 Å². The van der Waals surface area contributed by atoms with Gasteiger partial charge in [0.15, 0.2) is 0 Å². The lowest BCUT2D eigenvalue weighted by molar-refractivity contribution is -0.144. The smallest absolute Gasteiger partial charge is 0.323 e. The van der Waals surface area contributed by atoms with Crippen LogP contribution < -0.4 is 5.32 Å². The number of hydrogen-bond donors (Lipinski definition) is 2. The van der Waals surface area contributed by atoms with Gasteiger partial charge in [-0.1, -0.05) is 6.92 Å². The quantitative estimate of drug-likeness (QED) is 0.774. The minimum atomic E-state index is -0.877. The Kier molecular flexibility index (Phi) is 5.96. The lowest BCUT2D eigenvalue weighted by atomic mass is 9.95. The number of nitrogens with zero attached hydrogens (tertiary/aromatic N) is 2. The molecule has 0 aliphatic carbocycles. The van der Waals surface area contributed by atoms with Gasteiger partial charge in [-0.3, -0.25) is 14.8 Å². The number of aliphatic carboxylic acids is 1. The second kappa shape index (κ2) is 7.07. The van der Waals surface area contributed by atoms with Gasteiger partial charge in [-0.05, 0) is 59.4 Å². The van der Waals surface area contributed by atoms with Gasteiger partial charge in [0.2, 0.25) is 0 Å². The molecule has 5 nitrogen and oxygen atoms in total. The third-order valence-electron chi connectivity index (χ3n) is 4.01. The van der Waals surface area contributed by atoms with E-state index in [0.717, 1.165) is 25.1 Å². The molecule has 2 N–H and O–H groups in total. The predicted octanol–water partition coefficient (Wildman–Crippen LogP) is 2.68. The summed E-state index contributed by atoms with van der Waals surface area (Å²) in [5, 5.41) is 17.1. The molecule has 0 aliphatic heterocycles. The Morgan fingerprint density at radius 1 is 1.43 bits per heavy atom. The fourth-order valence-electron chi connectivity index (χ4n) is 2.92. The molecule has 0 radical (unpaired) electrons. The molecule has 0 fully saturated rings. The molecule has 1 heterocycles. The Labute approximate surface area is 127 Å². The van der Waals surface area contributed by atoms with Gasteiger partial charge in [-0.25, -0.2) is 0 Å². The van der Waals surface area contributed by atoms with Gasteiger partial charge in [-0.15, -0.1) is 0 Å². The van der Waals surface area contributed by atoms with E-state index in [-0.39, 0.29) is 6.04 Å². The van der Waals surface area contributed by atoms with E-state index in [2.05, 4.69) is 24.3 Å². The molecule has 0 spiro atoms. The monoisotopic (exact) mass is 295 g/mol. The molecule has 1 aromatic rings. The third-order valence-corrected chi connectivity index (χ3v) is 4.01. The van der Waals surface area contributed by atoms with Crippen molar-refractivity contribution in [3.8, 4) is 0 Å². The lowest BCUT2D eigenvalue weighted by Crippen LogP contribution is -2.52. The molecule has 0 aromatic carbocycles. The minimum absolute atomic E-state index is 0.145. The first kappa shape index (κ1) is 17.7. The van der Waals surface area contributed by atoms with Gasteiger partial charge in [0, 0.05) is 18.3 Å². The molecule has 1 aromatic heterocycles. The highest BCUT2D eigenvalue weighted by atomic mass is 16.4. The Balaban J connectivity index is 2.69. The van der Waals surface area contributed by atoms with Crippen molar-refractivity contribution in [1.29, 1.82) is 0 Å². The number of carbonyl (C=O) groups is 1. The molecule has 0 amide bonds. The van der Waals surface area contributed by atoms with Gasteiger partial charge < -0.3 is 5.11 Å². The third kappa shape index (κ3) is 4.30. The van der Waals surface area contributed by atoms with Crippen LogP contribution in [-0.4, -0.2) is 32.4 Å². The van der Waals surface area contributed by atoms with Crippen LogP contribution in [0.3, 0.4) is 0 Å². The summed E-state index contributed by atoms with van der Waals surface area (Å²) in [7, 11) is 0. The Hall–Kier alpha value is -1.36. The molecular formula is C16H29N3O2.